The zero-order chi connectivity index (χ0) is 14.0. The summed E-state index contributed by atoms with van der Waals surface area (Å²) in [6.45, 7) is 0.953. The third kappa shape index (κ3) is 3.28. The summed E-state index contributed by atoms with van der Waals surface area (Å²) in [6, 6.07) is 1.76. The number of ether oxygens (including phenoxy) is 1. The van der Waals surface area contributed by atoms with Gasteiger partial charge in [-0.05, 0) is 37.9 Å². The zero-order valence-corrected chi connectivity index (χ0v) is 14.6. The first kappa shape index (κ1) is 15.2. The number of nitrogens with zero attached hydrogens (tertiary/aromatic N) is 2. The average molecular weight is 429 g/mol. The van der Waals surface area contributed by atoms with Gasteiger partial charge in [-0.2, -0.15) is 5.10 Å². The lowest BCUT2D eigenvalue weighted by atomic mass is 10.2. The molecule has 0 radical (unpaired) electrons. The molecule has 0 bridgehead atoms. The molecule has 0 fully saturated rings. The van der Waals surface area contributed by atoms with Gasteiger partial charge in [0.25, 0.3) is 0 Å². The maximum atomic E-state index is 12.5. The summed E-state index contributed by atoms with van der Waals surface area (Å²) in [6.07, 6.45) is 1.47. The van der Waals surface area contributed by atoms with Crippen molar-refractivity contribution in [2.24, 2.45) is 0 Å². The summed E-state index contributed by atoms with van der Waals surface area (Å²) in [5.74, 6) is -0.144. The van der Waals surface area contributed by atoms with Crippen LogP contribution in [0.1, 0.15) is 15.4 Å². The van der Waals surface area contributed by atoms with Crippen LogP contribution in [0.15, 0.2) is 20.5 Å². The Hall–Kier alpha value is -0.210. The van der Waals surface area contributed by atoms with Crippen molar-refractivity contribution in [2.45, 2.75) is 6.54 Å². The maximum absolute atomic E-state index is 12.5. The Morgan fingerprint density at radius 3 is 2.89 bits per heavy atom. The van der Waals surface area contributed by atoms with E-state index >= 15 is 0 Å². The van der Waals surface area contributed by atoms with Gasteiger partial charge in [0.1, 0.15) is 5.69 Å². The van der Waals surface area contributed by atoms with Gasteiger partial charge in [-0.25, -0.2) is 0 Å². The monoisotopic (exact) mass is 426 g/mol. The molecule has 0 amide bonds. The molecule has 0 N–H and O–H groups in total. The summed E-state index contributed by atoms with van der Waals surface area (Å²) in [4.78, 5) is 13.1. The molecule has 2 aromatic rings. The smallest absolute Gasteiger partial charge is 0.222 e. The molecule has 4 nitrogen and oxygen atoms in total. The highest BCUT2D eigenvalue weighted by Crippen LogP contribution is 2.34. The van der Waals surface area contributed by atoms with Crippen LogP contribution in [0.25, 0.3) is 0 Å². The first-order valence-electron chi connectivity index (χ1n) is 5.24. The number of halogens is 3. The fraction of sp³-hybridized carbons (Fsp3) is 0.273. The van der Waals surface area contributed by atoms with Crippen LogP contribution < -0.4 is 0 Å². The Labute approximate surface area is 136 Å². The minimum atomic E-state index is -0.144. The van der Waals surface area contributed by atoms with Crippen LogP contribution in [0.4, 0.5) is 0 Å². The highest BCUT2D eigenvalue weighted by atomic mass is 79.9. The summed E-state index contributed by atoms with van der Waals surface area (Å²) in [5.41, 5.74) is 0.389. The van der Waals surface area contributed by atoms with Crippen LogP contribution in [0.5, 0.6) is 0 Å². The third-order valence-electron chi connectivity index (χ3n) is 2.39. The molecular weight excluding hydrogens is 419 g/mol. The van der Waals surface area contributed by atoms with Crippen LogP contribution in [0.2, 0.25) is 5.02 Å². The van der Waals surface area contributed by atoms with Crippen molar-refractivity contribution in [3.8, 4) is 0 Å². The van der Waals surface area contributed by atoms with E-state index in [0.29, 0.717) is 28.7 Å². The van der Waals surface area contributed by atoms with E-state index in [2.05, 4.69) is 37.0 Å². The maximum Gasteiger partial charge on any atom is 0.222 e. The highest BCUT2D eigenvalue weighted by molar-refractivity contribution is 9.13. The van der Waals surface area contributed by atoms with E-state index in [-0.39, 0.29) is 5.78 Å². The molecule has 0 aliphatic heterocycles. The molecule has 0 aliphatic carbocycles. The third-order valence-corrected chi connectivity index (χ3v) is 5.92. The van der Waals surface area contributed by atoms with Crippen LogP contribution in [0.3, 0.4) is 0 Å². The Balaban J connectivity index is 2.35. The number of hydrogen-bond acceptors (Lipinski definition) is 4. The Kier molecular flexibility index (Phi) is 5.19. The molecule has 0 atom stereocenters. The number of carbonyl (C=O) groups excluding carboxylic acids is 1. The Morgan fingerprint density at radius 2 is 2.32 bits per heavy atom. The molecule has 102 valence electrons. The SMILES string of the molecule is COCCn1ncc(Cl)c1C(=O)c1cc(Br)c(Br)s1. The van der Waals surface area contributed by atoms with Crippen LogP contribution >= 0.6 is 54.8 Å². The van der Waals surface area contributed by atoms with Gasteiger partial charge in [0.05, 0.1) is 33.0 Å². The van der Waals surface area contributed by atoms with Gasteiger partial charge >= 0.3 is 0 Å². The number of methoxy groups -OCH3 is 1. The second-order valence-electron chi connectivity index (χ2n) is 3.62. The molecular formula is C11H9Br2ClN2O2S. The predicted octanol–water partition coefficient (Wildman–Crippen LogP) is 4.00. The zero-order valence-electron chi connectivity index (χ0n) is 9.82. The fourth-order valence-electron chi connectivity index (χ4n) is 1.51. The molecule has 8 heteroatoms. The number of hydrogen-bond donors (Lipinski definition) is 0. The van der Waals surface area contributed by atoms with Crippen molar-refractivity contribution in [2.75, 3.05) is 13.7 Å². The summed E-state index contributed by atoms with van der Waals surface area (Å²) < 4.78 is 8.27. The van der Waals surface area contributed by atoms with Crippen LogP contribution in [-0.2, 0) is 11.3 Å². The lowest BCUT2D eigenvalue weighted by Crippen LogP contribution is -2.14. The van der Waals surface area contributed by atoms with Gasteiger partial charge in [0.2, 0.25) is 5.78 Å². The largest absolute Gasteiger partial charge is 0.383 e. The van der Waals surface area contributed by atoms with Gasteiger partial charge in [-0.15, -0.1) is 11.3 Å². The molecule has 0 aliphatic rings. The van der Waals surface area contributed by atoms with Gasteiger partial charge in [0.15, 0.2) is 0 Å². The predicted molar refractivity (Wildman–Crippen MR) is 82.3 cm³/mol. The van der Waals surface area contributed by atoms with Crippen molar-refractivity contribution in [1.29, 1.82) is 0 Å². The van der Waals surface area contributed by atoms with E-state index in [1.54, 1.807) is 17.9 Å². The number of thiophene rings is 1. The van der Waals surface area contributed by atoms with Crippen molar-refractivity contribution in [1.82, 2.24) is 9.78 Å². The Morgan fingerprint density at radius 1 is 1.58 bits per heavy atom. The quantitative estimate of drug-likeness (QED) is 0.676. The molecule has 0 aromatic carbocycles. The van der Waals surface area contributed by atoms with Crippen LogP contribution in [0, 0.1) is 0 Å². The second-order valence-corrected chi connectivity index (χ2v) is 7.25. The van der Waals surface area contributed by atoms with E-state index in [1.807, 2.05) is 0 Å². The van der Waals surface area contributed by atoms with Crippen molar-refractivity contribution >= 4 is 60.6 Å². The van der Waals surface area contributed by atoms with E-state index in [1.165, 1.54) is 17.5 Å². The van der Waals surface area contributed by atoms with E-state index in [9.17, 15) is 4.79 Å². The van der Waals surface area contributed by atoms with Crippen molar-refractivity contribution < 1.29 is 9.53 Å². The van der Waals surface area contributed by atoms with Gasteiger partial charge in [0, 0.05) is 11.6 Å². The molecule has 2 rings (SSSR count). The van der Waals surface area contributed by atoms with E-state index in [0.717, 1.165) is 8.26 Å². The highest BCUT2D eigenvalue weighted by Gasteiger charge is 2.21. The number of ketones is 1. The minimum absolute atomic E-state index is 0.144. The van der Waals surface area contributed by atoms with E-state index in [4.69, 9.17) is 16.3 Å². The summed E-state index contributed by atoms with van der Waals surface area (Å²) in [7, 11) is 1.60. The summed E-state index contributed by atoms with van der Waals surface area (Å²) >= 11 is 14.1. The molecule has 0 unspecified atom stereocenters. The molecule has 0 saturated carbocycles. The molecule has 2 heterocycles. The lowest BCUT2D eigenvalue weighted by Gasteiger charge is -2.05. The standard InChI is InChI=1S/C11H9Br2ClN2O2S/c1-18-3-2-16-9(7(14)5-15-16)10(17)8-4-6(12)11(13)19-8/h4-5H,2-3H2,1H3. The van der Waals surface area contributed by atoms with Crippen molar-refractivity contribution in [3.63, 3.8) is 0 Å². The second kappa shape index (κ2) is 6.49. The summed E-state index contributed by atoms with van der Waals surface area (Å²) in [5, 5.41) is 4.44. The molecule has 0 spiro atoms. The molecule has 19 heavy (non-hydrogen) atoms. The topological polar surface area (TPSA) is 44.1 Å². The van der Waals surface area contributed by atoms with Crippen LogP contribution in [-0.4, -0.2) is 29.3 Å². The average Bonchev–Trinajstić information content (AvgIpc) is 2.90. The lowest BCUT2D eigenvalue weighted by molar-refractivity contribution is 0.102. The fourth-order valence-corrected chi connectivity index (χ4v) is 3.71. The Bertz CT molecular complexity index is 592. The van der Waals surface area contributed by atoms with Gasteiger partial charge < -0.3 is 4.74 Å². The van der Waals surface area contributed by atoms with Gasteiger partial charge in [-0.1, -0.05) is 11.6 Å². The normalized spacial score (nSPS) is 10.9. The van der Waals surface area contributed by atoms with Crippen molar-refractivity contribution in [3.05, 3.63) is 36.1 Å². The first-order chi connectivity index (χ1) is 9.04. The molecule has 0 saturated heterocycles. The number of carbonyl (C=O) groups is 1. The van der Waals surface area contributed by atoms with Gasteiger partial charge in [-0.3, -0.25) is 9.48 Å². The number of rotatable bonds is 5. The molecule has 2 aromatic heterocycles. The minimum Gasteiger partial charge on any atom is -0.383 e. The first-order valence-corrected chi connectivity index (χ1v) is 8.02. The number of aromatic nitrogens is 2. The van der Waals surface area contributed by atoms with E-state index < -0.39 is 0 Å².